The molecule has 2 heteroatoms. The average Bonchev–Trinajstić information content (AvgIpc) is 2.88. The van der Waals surface area contributed by atoms with E-state index in [1.165, 1.54) is 27.7 Å². The molecule has 2 nitrogen and oxygen atoms in total. The van der Waals surface area contributed by atoms with Gasteiger partial charge >= 0.3 is 0 Å². The van der Waals surface area contributed by atoms with Crippen LogP contribution in [0.4, 0.5) is 0 Å². The van der Waals surface area contributed by atoms with Gasteiger partial charge in [0.1, 0.15) is 0 Å². The lowest BCUT2D eigenvalue weighted by molar-refractivity contribution is 0.569. The number of hydrogen-bond acceptors (Lipinski definition) is 1. The molecular formula is C18H20N2. The second-order valence-corrected chi connectivity index (χ2v) is 5.40. The molecule has 2 aromatic carbocycles. The monoisotopic (exact) mass is 264 g/mol. The van der Waals surface area contributed by atoms with Crippen LogP contribution < -0.4 is 5.32 Å². The molecule has 0 aliphatic rings. The summed E-state index contributed by atoms with van der Waals surface area (Å²) in [7, 11) is 0. The molecule has 1 unspecified atom stereocenters. The van der Waals surface area contributed by atoms with Crippen molar-refractivity contribution in [3.63, 3.8) is 0 Å². The standard InChI is InChI=1S/C18H20N2/c1-13-7-9-15(10-8-13)14(2)19-12-17-11-16-5-3-4-6-18(16)20-17/h3-11,14,19-20H,12H2,1-2H3. The minimum absolute atomic E-state index is 0.349. The topological polar surface area (TPSA) is 27.8 Å². The quantitative estimate of drug-likeness (QED) is 0.721. The summed E-state index contributed by atoms with van der Waals surface area (Å²) in [5, 5.41) is 4.84. The predicted molar refractivity (Wildman–Crippen MR) is 84.7 cm³/mol. The molecule has 0 radical (unpaired) electrons. The van der Waals surface area contributed by atoms with Crippen LogP contribution in [0.1, 0.15) is 29.8 Å². The second-order valence-electron chi connectivity index (χ2n) is 5.40. The molecule has 3 aromatic rings. The zero-order chi connectivity index (χ0) is 13.9. The highest BCUT2D eigenvalue weighted by Gasteiger charge is 2.05. The Balaban J connectivity index is 1.68. The summed E-state index contributed by atoms with van der Waals surface area (Å²) >= 11 is 0. The maximum Gasteiger partial charge on any atom is 0.0456 e. The van der Waals surface area contributed by atoms with Crippen LogP contribution in [0.15, 0.2) is 54.6 Å². The lowest BCUT2D eigenvalue weighted by Crippen LogP contribution is -2.18. The van der Waals surface area contributed by atoms with Gasteiger partial charge in [-0.2, -0.15) is 0 Å². The van der Waals surface area contributed by atoms with Gasteiger partial charge in [-0.25, -0.2) is 0 Å². The number of aromatic amines is 1. The van der Waals surface area contributed by atoms with Gasteiger partial charge in [0.05, 0.1) is 0 Å². The predicted octanol–water partition coefficient (Wildman–Crippen LogP) is 4.33. The van der Waals surface area contributed by atoms with Crippen molar-refractivity contribution in [1.29, 1.82) is 0 Å². The molecule has 1 aromatic heterocycles. The average molecular weight is 264 g/mol. The molecule has 0 fully saturated rings. The van der Waals surface area contributed by atoms with Gasteiger partial charge < -0.3 is 10.3 Å². The van der Waals surface area contributed by atoms with Crippen LogP contribution in [0.5, 0.6) is 0 Å². The van der Waals surface area contributed by atoms with Gasteiger partial charge in [0.25, 0.3) is 0 Å². The summed E-state index contributed by atoms with van der Waals surface area (Å²) in [6, 6.07) is 19.7. The number of H-pyrrole nitrogens is 1. The fraction of sp³-hybridized carbons (Fsp3) is 0.222. The smallest absolute Gasteiger partial charge is 0.0456 e. The van der Waals surface area contributed by atoms with Crippen LogP contribution in [0, 0.1) is 6.92 Å². The Morgan fingerprint density at radius 1 is 1.05 bits per heavy atom. The molecule has 0 saturated carbocycles. The van der Waals surface area contributed by atoms with Crippen molar-refractivity contribution in [3.8, 4) is 0 Å². The fourth-order valence-electron chi connectivity index (χ4n) is 2.46. The number of benzene rings is 2. The number of para-hydroxylation sites is 1. The van der Waals surface area contributed by atoms with Crippen molar-refractivity contribution in [3.05, 3.63) is 71.4 Å². The van der Waals surface area contributed by atoms with E-state index in [9.17, 15) is 0 Å². The molecule has 20 heavy (non-hydrogen) atoms. The third-order valence-corrected chi connectivity index (χ3v) is 3.76. The first-order valence-electron chi connectivity index (χ1n) is 7.09. The van der Waals surface area contributed by atoms with E-state index in [1.54, 1.807) is 0 Å². The molecule has 0 spiro atoms. The maximum atomic E-state index is 3.56. The molecule has 0 amide bonds. The largest absolute Gasteiger partial charge is 0.357 e. The van der Waals surface area contributed by atoms with E-state index in [0.29, 0.717) is 6.04 Å². The summed E-state index contributed by atoms with van der Waals surface area (Å²) in [4.78, 5) is 3.45. The van der Waals surface area contributed by atoms with Crippen LogP contribution in [0.2, 0.25) is 0 Å². The number of hydrogen-bond donors (Lipinski definition) is 2. The van der Waals surface area contributed by atoms with Crippen LogP contribution >= 0.6 is 0 Å². The minimum atomic E-state index is 0.349. The second kappa shape index (κ2) is 5.51. The van der Waals surface area contributed by atoms with Crippen molar-refractivity contribution >= 4 is 10.9 Å². The molecular weight excluding hydrogens is 244 g/mol. The lowest BCUT2D eigenvalue weighted by atomic mass is 10.1. The van der Waals surface area contributed by atoms with Gasteiger partial charge in [-0.1, -0.05) is 48.0 Å². The summed E-state index contributed by atoms with van der Waals surface area (Å²) in [5.41, 5.74) is 5.06. The van der Waals surface area contributed by atoms with Gasteiger partial charge in [0.2, 0.25) is 0 Å². The van der Waals surface area contributed by atoms with E-state index >= 15 is 0 Å². The Hall–Kier alpha value is -2.06. The van der Waals surface area contributed by atoms with Gasteiger partial charge in [-0.15, -0.1) is 0 Å². The molecule has 0 saturated heterocycles. The zero-order valence-electron chi connectivity index (χ0n) is 12.0. The number of aryl methyl sites for hydroxylation is 1. The maximum absolute atomic E-state index is 3.56. The van der Waals surface area contributed by atoms with Crippen LogP contribution in [-0.2, 0) is 6.54 Å². The number of fused-ring (bicyclic) bond motifs is 1. The van der Waals surface area contributed by atoms with E-state index < -0.39 is 0 Å². The Bertz CT molecular complexity index is 662. The van der Waals surface area contributed by atoms with Gasteiger partial charge in [0.15, 0.2) is 0 Å². The van der Waals surface area contributed by atoms with E-state index in [-0.39, 0.29) is 0 Å². The highest BCUT2D eigenvalue weighted by atomic mass is 14.9. The van der Waals surface area contributed by atoms with Crippen molar-refractivity contribution in [1.82, 2.24) is 10.3 Å². The van der Waals surface area contributed by atoms with Crippen LogP contribution in [0.25, 0.3) is 10.9 Å². The Morgan fingerprint density at radius 2 is 1.80 bits per heavy atom. The number of aromatic nitrogens is 1. The molecule has 3 rings (SSSR count). The number of rotatable bonds is 4. The van der Waals surface area contributed by atoms with E-state index in [1.807, 2.05) is 0 Å². The van der Waals surface area contributed by atoms with E-state index in [0.717, 1.165) is 6.54 Å². The normalized spacial score (nSPS) is 12.7. The molecule has 0 aliphatic heterocycles. The van der Waals surface area contributed by atoms with Crippen molar-refractivity contribution in [2.75, 3.05) is 0 Å². The molecule has 2 N–H and O–H groups in total. The summed E-state index contributed by atoms with van der Waals surface area (Å²) in [6.45, 7) is 5.17. The third kappa shape index (κ3) is 2.75. The summed E-state index contributed by atoms with van der Waals surface area (Å²) in [5.74, 6) is 0. The molecule has 1 atom stereocenters. The summed E-state index contributed by atoms with van der Waals surface area (Å²) < 4.78 is 0. The Morgan fingerprint density at radius 3 is 2.55 bits per heavy atom. The molecule has 0 bridgehead atoms. The highest BCUT2D eigenvalue weighted by Crippen LogP contribution is 2.17. The Kier molecular flexibility index (Phi) is 3.57. The molecule has 1 heterocycles. The van der Waals surface area contributed by atoms with Crippen LogP contribution in [0.3, 0.4) is 0 Å². The van der Waals surface area contributed by atoms with Crippen molar-refractivity contribution in [2.45, 2.75) is 26.4 Å². The van der Waals surface area contributed by atoms with E-state index in [2.05, 4.69) is 78.7 Å². The first-order valence-corrected chi connectivity index (χ1v) is 7.09. The number of nitrogens with one attached hydrogen (secondary N) is 2. The summed E-state index contributed by atoms with van der Waals surface area (Å²) in [6.07, 6.45) is 0. The first-order chi connectivity index (χ1) is 9.72. The minimum Gasteiger partial charge on any atom is -0.357 e. The Labute approximate surface area is 119 Å². The van der Waals surface area contributed by atoms with Crippen molar-refractivity contribution in [2.24, 2.45) is 0 Å². The molecule has 0 aliphatic carbocycles. The molecule has 102 valence electrons. The zero-order valence-corrected chi connectivity index (χ0v) is 12.0. The SMILES string of the molecule is Cc1ccc(C(C)NCc2cc3ccccc3[nH]2)cc1. The highest BCUT2D eigenvalue weighted by molar-refractivity contribution is 5.80. The fourth-order valence-corrected chi connectivity index (χ4v) is 2.46. The van der Waals surface area contributed by atoms with Gasteiger partial charge in [-0.05, 0) is 36.9 Å². The van der Waals surface area contributed by atoms with Crippen LogP contribution in [-0.4, -0.2) is 4.98 Å². The van der Waals surface area contributed by atoms with E-state index in [4.69, 9.17) is 0 Å². The van der Waals surface area contributed by atoms with Crippen molar-refractivity contribution < 1.29 is 0 Å². The van der Waals surface area contributed by atoms with Gasteiger partial charge in [0, 0.05) is 23.8 Å². The third-order valence-electron chi connectivity index (χ3n) is 3.76. The van der Waals surface area contributed by atoms with Gasteiger partial charge in [-0.3, -0.25) is 0 Å². The first kappa shape index (κ1) is 12.9. The lowest BCUT2D eigenvalue weighted by Gasteiger charge is -2.13.